The quantitative estimate of drug-likeness (QED) is 0.0649. The van der Waals surface area contributed by atoms with E-state index in [-0.39, 0.29) is 11.0 Å². The first-order valence-electron chi connectivity index (χ1n) is 21.5. The molecule has 299 valence electrons. The fraction of sp³-hybridized carbons (Fsp3) is 0.739. The summed E-state index contributed by atoms with van der Waals surface area (Å²) in [4.78, 5) is 0. The Hall–Kier alpha value is -1.53. The third-order valence-corrected chi connectivity index (χ3v) is 10.9. The molecule has 0 atom stereocenters. The smallest absolute Gasteiger partial charge is 0.412 e. The Morgan fingerprint density at radius 2 is 0.569 bits per heavy atom. The van der Waals surface area contributed by atoms with Gasteiger partial charge in [0.25, 0.3) is 0 Å². The third kappa shape index (κ3) is 28.6. The Balaban J connectivity index is 0.0000125. The Kier molecular flexibility index (Phi) is 37.1. The van der Waals surface area contributed by atoms with Crippen LogP contribution in [0.1, 0.15) is 218 Å². The number of rotatable bonds is 36. The molecule has 0 spiro atoms. The zero-order valence-electron chi connectivity index (χ0n) is 33.4. The molecule has 0 aliphatic carbocycles. The molecule has 0 radical (unpaired) electrons. The van der Waals surface area contributed by atoms with Crippen molar-refractivity contribution in [1.29, 1.82) is 0 Å². The molecule has 0 saturated heterocycles. The van der Waals surface area contributed by atoms with Crippen LogP contribution in [-0.2, 0) is 28.2 Å². The zero-order chi connectivity index (χ0) is 34.7. The molecule has 0 fully saturated rings. The van der Waals surface area contributed by atoms with Gasteiger partial charge in [0, 0.05) is 0 Å². The van der Waals surface area contributed by atoms with Crippen molar-refractivity contribution >= 4 is 0 Å². The van der Waals surface area contributed by atoms with Crippen molar-refractivity contribution in [2.75, 3.05) is 0 Å². The van der Waals surface area contributed by atoms with E-state index < -0.39 is 0 Å². The van der Waals surface area contributed by atoms with Crippen molar-refractivity contribution in [2.24, 2.45) is 0 Å². The average molecular weight is 758 g/mol. The summed E-state index contributed by atoms with van der Waals surface area (Å²) in [5.41, 5.74) is 2.61. The van der Waals surface area contributed by atoms with Gasteiger partial charge in [0.05, 0.1) is 0 Å². The van der Waals surface area contributed by atoms with E-state index in [0.717, 1.165) is 24.3 Å². The molecule has 0 heterocycles. The van der Waals surface area contributed by atoms with Crippen molar-refractivity contribution in [1.82, 2.24) is 0 Å². The second-order valence-corrected chi connectivity index (χ2v) is 15.4. The van der Waals surface area contributed by atoms with E-state index in [9.17, 15) is 0 Å². The third-order valence-electron chi connectivity index (χ3n) is 10.2. The molecule has 0 saturated carbocycles. The average Bonchev–Trinajstić information content (AvgIpc) is 3.12. The fourth-order valence-electron chi connectivity index (χ4n) is 7.00. The molecular weight excluding hydrogens is 675 g/mol. The molecule has 0 amide bonds. The van der Waals surface area contributed by atoms with Gasteiger partial charge in [-0.15, -0.1) is 0 Å². The molecule has 2 rings (SSSR count). The molecule has 0 aliphatic heterocycles. The van der Waals surface area contributed by atoms with Crippen LogP contribution in [0.2, 0.25) is 0 Å². The van der Waals surface area contributed by atoms with Gasteiger partial charge >= 0.3 is 210 Å². The van der Waals surface area contributed by atoms with Gasteiger partial charge in [0.1, 0.15) is 0 Å². The summed E-state index contributed by atoms with van der Waals surface area (Å²) in [6.45, 7) is 4.60. The van der Waals surface area contributed by atoms with Gasteiger partial charge in [0.2, 0.25) is 0 Å². The summed E-state index contributed by atoms with van der Waals surface area (Å²) >= 11 is 0.587. The molecule has 4 N–H and O–H groups in total. The predicted octanol–water partition coefficient (Wildman–Crippen LogP) is 14.2. The second-order valence-electron chi connectivity index (χ2n) is 14.8. The molecule has 2 aromatic rings. The standard InChI is InChI=1S/2C23H40O.Co.2H2O/c2*1-2-3-4-5-6-7-8-9-10-11-12-13-14-15-16-19-22-20-17-18-21-23(22)24;;;/h2*17-18,20-21,24H,2-16,19H2,1H3;;2*1H2/q;;+2;;/p-2. The minimum atomic E-state index is 0. The second kappa shape index (κ2) is 38.2. The van der Waals surface area contributed by atoms with E-state index >= 15 is 0 Å². The van der Waals surface area contributed by atoms with Gasteiger partial charge in [-0.05, 0) is 0 Å². The molecular formula is C46H82CoO4. The normalized spacial score (nSPS) is 10.9. The van der Waals surface area contributed by atoms with E-state index in [0.29, 0.717) is 15.3 Å². The molecule has 0 unspecified atom stereocenters. The minimum Gasteiger partial charge on any atom is -0.412 e. The zero-order valence-corrected chi connectivity index (χ0v) is 34.4. The van der Waals surface area contributed by atoms with E-state index in [1.807, 2.05) is 0 Å². The number of benzene rings is 2. The summed E-state index contributed by atoms with van der Waals surface area (Å²) in [6.07, 6.45) is 44.2. The first kappa shape index (κ1) is 49.5. The predicted molar refractivity (Wildman–Crippen MR) is 219 cm³/mol. The maximum absolute atomic E-state index is 6.15. The monoisotopic (exact) mass is 758 g/mol. The van der Waals surface area contributed by atoms with Crippen molar-refractivity contribution in [2.45, 2.75) is 219 Å². The Morgan fingerprint density at radius 1 is 0.333 bits per heavy atom. The fourth-order valence-corrected chi connectivity index (χ4v) is 7.65. The maximum atomic E-state index is 6.15. The minimum absolute atomic E-state index is 0. The molecule has 2 aromatic carbocycles. The molecule has 51 heavy (non-hydrogen) atoms. The topological polar surface area (TPSA) is 81.5 Å². The summed E-state index contributed by atoms with van der Waals surface area (Å²) in [5, 5.41) is 0. The summed E-state index contributed by atoms with van der Waals surface area (Å²) < 4.78 is 12.3. The number of aryl methyl sites for hydroxylation is 2. The molecule has 0 aromatic heterocycles. The van der Waals surface area contributed by atoms with Crippen molar-refractivity contribution in [3.05, 3.63) is 59.7 Å². The van der Waals surface area contributed by atoms with Crippen molar-refractivity contribution in [3.8, 4) is 11.5 Å². The number of unbranched alkanes of at least 4 members (excludes halogenated alkanes) is 28. The number of hydrogen-bond donors (Lipinski definition) is 0. The summed E-state index contributed by atoms with van der Waals surface area (Å²) in [6, 6.07) is 17.1. The van der Waals surface area contributed by atoms with Crippen LogP contribution in [-0.4, -0.2) is 11.0 Å². The van der Waals surface area contributed by atoms with E-state index in [2.05, 4.69) is 62.4 Å². The van der Waals surface area contributed by atoms with Crippen LogP contribution >= 0.6 is 0 Å². The van der Waals surface area contributed by atoms with Crippen LogP contribution in [0.4, 0.5) is 0 Å². The van der Waals surface area contributed by atoms with Gasteiger partial charge in [-0.2, -0.15) is 0 Å². The van der Waals surface area contributed by atoms with Crippen molar-refractivity contribution in [3.63, 3.8) is 0 Å². The van der Waals surface area contributed by atoms with E-state index in [4.69, 9.17) is 7.70 Å². The summed E-state index contributed by atoms with van der Waals surface area (Å²) in [5.74, 6) is 1.93. The van der Waals surface area contributed by atoms with Crippen LogP contribution in [0.5, 0.6) is 11.5 Å². The van der Waals surface area contributed by atoms with Gasteiger partial charge < -0.3 is 11.0 Å². The summed E-state index contributed by atoms with van der Waals surface area (Å²) in [7, 11) is 0. The molecule has 4 nitrogen and oxygen atoms in total. The van der Waals surface area contributed by atoms with E-state index in [1.165, 1.54) is 204 Å². The molecule has 0 aliphatic rings. The molecule has 0 bridgehead atoms. The van der Waals surface area contributed by atoms with Crippen molar-refractivity contribution < 1.29 is 34.0 Å². The number of para-hydroxylation sites is 2. The van der Waals surface area contributed by atoms with Crippen LogP contribution in [0.3, 0.4) is 0 Å². The van der Waals surface area contributed by atoms with Crippen LogP contribution in [0.25, 0.3) is 0 Å². The van der Waals surface area contributed by atoms with Crippen LogP contribution in [0.15, 0.2) is 48.5 Å². The Bertz CT molecular complexity index is 906. The van der Waals surface area contributed by atoms with Crippen LogP contribution < -0.4 is 7.70 Å². The Morgan fingerprint density at radius 3 is 0.843 bits per heavy atom. The van der Waals surface area contributed by atoms with Gasteiger partial charge in [0.15, 0.2) is 0 Å². The van der Waals surface area contributed by atoms with E-state index in [1.54, 1.807) is 0 Å². The van der Waals surface area contributed by atoms with Gasteiger partial charge in [-0.25, -0.2) is 0 Å². The first-order chi connectivity index (χ1) is 24.3. The Labute approximate surface area is 323 Å². The van der Waals surface area contributed by atoms with Gasteiger partial charge in [-0.3, -0.25) is 0 Å². The SMILES string of the molecule is CCCCCCCCCCCCCCCCCc1ccccc1[O][Co][O]c1ccccc1CCCCCCCCCCCCCCCCC.O.O. The molecule has 5 heteroatoms. The number of hydrogen-bond acceptors (Lipinski definition) is 2. The first-order valence-corrected chi connectivity index (χ1v) is 22.3. The van der Waals surface area contributed by atoms with Crippen LogP contribution in [0, 0.1) is 0 Å². The van der Waals surface area contributed by atoms with Gasteiger partial charge in [-0.1, -0.05) is 104 Å².